The molecule has 2 aliphatic heterocycles. The highest BCUT2D eigenvalue weighted by atomic mass is 32.2. The van der Waals surface area contributed by atoms with E-state index in [-0.39, 0.29) is 6.04 Å². The fourth-order valence-electron chi connectivity index (χ4n) is 4.40. The third-order valence-corrected chi connectivity index (χ3v) is 9.07. The summed E-state index contributed by atoms with van der Waals surface area (Å²) in [5.41, 5.74) is 1.01. The van der Waals surface area contributed by atoms with Crippen LogP contribution in [0.3, 0.4) is 0 Å². The first kappa shape index (κ1) is 21.0. The van der Waals surface area contributed by atoms with E-state index in [1.807, 2.05) is 45.6 Å². The zero-order valence-corrected chi connectivity index (χ0v) is 19.6. The lowest BCUT2D eigenvalue weighted by Gasteiger charge is -2.37. The minimum absolute atomic E-state index is 0.178. The van der Waals surface area contributed by atoms with E-state index in [1.54, 1.807) is 11.3 Å². The first-order chi connectivity index (χ1) is 15.0. The maximum atomic E-state index is 11.8. The molecule has 0 amide bonds. The molecule has 1 unspecified atom stereocenters. The van der Waals surface area contributed by atoms with Crippen molar-refractivity contribution < 1.29 is 8.42 Å². The summed E-state index contributed by atoms with van der Waals surface area (Å²) in [6.07, 6.45) is 0.763. The molecule has 2 aliphatic rings. The lowest BCUT2D eigenvalue weighted by Crippen LogP contribution is -2.50. The molecule has 5 rings (SSSR count). The van der Waals surface area contributed by atoms with Gasteiger partial charge in [0.2, 0.25) is 4.77 Å². The predicted octanol–water partition coefficient (Wildman–Crippen LogP) is 2.89. The van der Waals surface area contributed by atoms with Gasteiger partial charge < -0.3 is 0 Å². The van der Waals surface area contributed by atoms with Crippen molar-refractivity contribution in [2.24, 2.45) is 0 Å². The van der Waals surface area contributed by atoms with E-state index in [0.717, 1.165) is 49.0 Å². The van der Waals surface area contributed by atoms with Crippen LogP contribution in [0, 0.1) is 4.77 Å². The van der Waals surface area contributed by atoms with Crippen molar-refractivity contribution in [3.8, 4) is 16.4 Å². The molecule has 7 nitrogen and oxygen atoms in total. The van der Waals surface area contributed by atoms with Crippen molar-refractivity contribution >= 4 is 33.4 Å². The van der Waals surface area contributed by atoms with E-state index >= 15 is 0 Å². The van der Waals surface area contributed by atoms with Crippen LogP contribution >= 0.6 is 23.6 Å². The monoisotopic (exact) mass is 475 g/mol. The summed E-state index contributed by atoms with van der Waals surface area (Å²) in [4.78, 5) is 5.76. The molecule has 0 aliphatic carbocycles. The Morgan fingerprint density at radius 1 is 1.06 bits per heavy atom. The highest BCUT2D eigenvalue weighted by molar-refractivity contribution is 7.91. The molecule has 164 valence electrons. The topological polar surface area (TPSA) is 63.4 Å². The van der Waals surface area contributed by atoms with Crippen molar-refractivity contribution in [3.63, 3.8) is 0 Å². The van der Waals surface area contributed by atoms with Gasteiger partial charge in [-0.25, -0.2) is 13.1 Å². The Morgan fingerprint density at radius 3 is 2.48 bits per heavy atom. The molecule has 0 bridgehead atoms. The van der Waals surface area contributed by atoms with E-state index in [1.165, 1.54) is 0 Å². The molecular weight excluding hydrogens is 450 g/mol. The Balaban J connectivity index is 1.34. The summed E-state index contributed by atoms with van der Waals surface area (Å²) in [7, 11) is -2.85. The number of rotatable bonds is 5. The van der Waals surface area contributed by atoms with Crippen LogP contribution in [-0.4, -0.2) is 76.3 Å². The van der Waals surface area contributed by atoms with Crippen LogP contribution in [0.5, 0.6) is 0 Å². The maximum absolute atomic E-state index is 11.8. The molecule has 4 heterocycles. The van der Waals surface area contributed by atoms with Gasteiger partial charge in [0.05, 0.1) is 23.1 Å². The van der Waals surface area contributed by atoms with Crippen LogP contribution in [0.25, 0.3) is 16.4 Å². The number of para-hydroxylation sites is 1. The molecule has 0 spiro atoms. The number of piperazine rings is 1. The average molecular weight is 476 g/mol. The molecule has 2 aromatic heterocycles. The van der Waals surface area contributed by atoms with Gasteiger partial charge in [0.25, 0.3) is 0 Å². The van der Waals surface area contributed by atoms with Gasteiger partial charge in [-0.15, -0.1) is 16.4 Å². The van der Waals surface area contributed by atoms with E-state index in [4.69, 9.17) is 17.3 Å². The van der Waals surface area contributed by atoms with Crippen molar-refractivity contribution in [3.05, 3.63) is 52.6 Å². The largest absolute Gasteiger partial charge is 0.297 e. The molecule has 1 atom stereocenters. The highest BCUT2D eigenvalue weighted by Gasteiger charge is 2.33. The van der Waals surface area contributed by atoms with Crippen LogP contribution < -0.4 is 0 Å². The lowest BCUT2D eigenvalue weighted by atomic mass is 10.2. The van der Waals surface area contributed by atoms with E-state index in [2.05, 4.69) is 21.2 Å². The minimum Gasteiger partial charge on any atom is -0.297 e. The Labute approximate surface area is 191 Å². The molecule has 2 saturated heterocycles. The fourth-order valence-corrected chi connectivity index (χ4v) is 7.15. The lowest BCUT2D eigenvalue weighted by molar-refractivity contribution is 0.0808. The number of benzene rings is 1. The molecule has 10 heteroatoms. The van der Waals surface area contributed by atoms with Gasteiger partial charge in [-0.05, 0) is 42.2 Å². The SMILES string of the molecule is O=S1(=O)CCC(N2CCN(Cn3nc(-c4cccs4)n(-c4ccccc4)c3=S)CC2)C1. The van der Waals surface area contributed by atoms with Crippen LogP contribution in [0.2, 0.25) is 0 Å². The number of nitrogens with zero attached hydrogens (tertiary/aromatic N) is 5. The first-order valence-electron chi connectivity index (χ1n) is 10.5. The summed E-state index contributed by atoms with van der Waals surface area (Å²) in [6, 6.07) is 14.4. The van der Waals surface area contributed by atoms with Crippen molar-refractivity contribution in [2.75, 3.05) is 37.7 Å². The van der Waals surface area contributed by atoms with Crippen molar-refractivity contribution in [1.82, 2.24) is 24.1 Å². The van der Waals surface area contributed by atoms with Crippen LogP contribution in [0.1, 0.15) is 6.42 Å². The number of thiophene rings is 1. The van der Waals surface area contributed by atoms with Gasteiger partial charge in [-0.1, -0.05) is 24.3 Å². The Bertz CT molecular complexity index is 1190. The van der Waals surface area contributed by atoms with Gasteiger partial charge in [-0.2, -0.15) is 0 Å². The van der Waals surface area contributed by atoms with Crippen LogP contribution in [0.15, 0.2) is 47.8 Å². The van der Waals surface area contributed by atoms with E-state index in [9.17, 15) is 8.42 Å². The van der Waals surface area contributed by atoms with Gasteiger partial charge in [0.1, 0.15) is 0 Å². The van der Waals surface area contributed by atoms with Gasteiger partial charge in [0, 0.05) is 37.9 Å². The second kappa shape index (κ2) is 8.59. The molecule has 0 radical (unpaired) electrons. The quantitative estimate of drug-likeness (QED) is 0.529. The van der Waals surface area contributed by atoms with Crippen LogP contribution in [0.4, 0.5) is 0 Å². The fraction of sp³-hybridized carbons (Fsp3) is 0.429. The first-order valence-corrected chi connectivity index (χ1v) is 13.6. The summed E-state index contributed by atoms with van der Waals surface area (Å²) in [5, 5.41) is 6.94. The summed E-state index contributed by atoms with van der Waals surface area (Å²) in [6.45, 7) is 4.15. The van der Waals surface area contributed by atoms with Gasteiger partial charge >= 0.3 is 0 Å². The molecule has 31 heavy (non-hydrogen) atoms. The Hall–Kier alpha value is -1.85. The summed E-state index contributed by atoms with van der Waals surface area (Å²) < 4.78 is 28.3. The number of sulfone groups is 1. The molecule has 3 aromatic rings. The van der Waals surface area contributed by atoms with Crippen LogP contribution in [-0.2, 0) is 16.5 Å². The van der Waals surface area contributed by atoms with E-state index in [0.29, 0.717) is 22.9 Å². The number of hydrogen-bond acceptors (Lipinski definition) is 7. The predicted molar refractivity (Wildman–Crippen MR) is 126 cm³/mol. The van der Waals surface area contributed by atoms with E-state index < -0.39 is 9.84 Å². The second-order valence-corrected chi connectivity index (χ2v) is 11.6. The highest BCUT2D eigenvalue weighted by Crippen LogP contribution is 2.27. The van der Waals surface area contributed by atoms with Crippen molar-refractivity contribution in [2.45, 2.75) is 19.1 Å². The van der Waals surface area contributed by atoms with Gasteiger partial charge in [-0.3, -0.25) is 14.4 Å². The summed E-state index contributed by atoms with van der Waals surface area (Å²) in [5.74, 6) is 1.50. The zero-order chi connectivity index (χ0) is 21.4. The standard InChI is InChI=1S/C21H25N5O2S3/c27-31(28)14-8-18(15-31)24-11-9-23(10-12-24)16-25-21(29)26(17-5-2-1-3-6-17)20(22-25)19-7-4-13-30-19/h1-7,13,18H,8-12,14-16H2. The second-order valence-electron chi connectivity index (χ2n) is 8.11. The minimum atomic E-state index is -2.85. The number of hydrogen-bond donors (Lipinski definition) is 0. The zero-order valence-electron chi connectivity index (χ0n) is 17.1. The Morgan fingerprint density at radius 2 is 1.84 bits per heavy atom. The molecule has 0 saturated carbocycles. The number of aromatic nitrogens is 3. The third-order valence-electron chi connectivity index (χ3n) is 6.06. The van der Waals surface area contributed by atoms with Gasteiger partial charge in [0.15, 0.2) is 15.7 Å². The maximum Gasteiger partial charge on any atom is 0.204 e. The molecule has 2 fully saturated rings. The molecular formula is C21H25N5O2S3. The molecule has 0 N–H and O–H groups in total. The average Bonchev–Trinajstić information content (AvgIpc) is 3.49. The smallest absolute Gasteiger partial charge is 0.204 e. The third kappa shape index (κ3) is 4.40. The van der Waals surface area contributed by atoms with Crippen molar-refractivity contribution in [1.29, 1.82) is 0 Å². The Kier molecular flexibility index (Phi) is 5.82. The molecule has 1 aromatic carbocycles. The summed E-state index contributed by atoms with van der Waals surface area (Å²) >= 11 is 7.49. The normalized spacial score (nSPS) is 22.1.